The molecule has 0 saturated carbocycles. The molecule has 0 atom stereocenters. The highest BCUT2D eigenvalue weighted by Gasteiger charge is 2.08. The van der Waals surface area contributed by atoms with E-state index in [0.29, 0.717) is 0 Å². The first kappa shape index (κ1) is 11.6. The van der Waals surface area contributed by atoms with Crippen molar-refractivity contribution in [2.24, 2.45) is 0 Å². The lowest BCUT2D eigenvalue weighted by molar-refractivity contribution is 0.365. The zero-order valence-corrected chi connectivity index (χ0v) is 9.31. The van der Waals surface area contributed by atoms with E-state index in [-0.39, 0.29) is 0 Å². The predicted octanol–water partition coefficient (Wildman–Crippen LogP) is 2.39. The van der Waals surface area contributed by atoms with Crippen LogP contribution in [-0.2, 0) is 0 Å². The summed E-state index contributed by atoms with van der Waals surface area (Å²) in [5.74, 6) is 0. The van der Waals surface area contributed by atoms with E-state index in [1.54, 1.807) is 0 Å². The highest BCUT2D eigenvalue weighted by molar-refractivity contribution is 4.99. The van der Waals surface area contributed by atoms with Crippen molar-refractivity contribution < 1.29 is 0 Å². The molecule has 1 rings (SSSR count). The average molecular weight is 204 g/mol. The number of nitrogens with zero attached hydrogens (tertiary/aromatic N) is 2. The van der Waals surface area contributed by atoms with Crippen LogP contribution in [0, 0.1) is 0 Å². The third-order valence-corrected chi connectivity index (χ3v) is 2.43. The summed E-state index contributed by atoms with van der Waals surface area (Å²) in [6.45, 7) is 11.8. The molecule has 1 aliphatic heterocycles. The summed E-state index contributed by atoms with van der Waals surface area (Å²) in [4.78, 5) is 4.67. The first-order chi connectivity index (χ1) is 7.36. The molecule has 0 unspecified atom stereocenters. The van der Waals surface area contributed by atoms with Gasteiger partial charge in [0.25, 0.3) is 0 Å². The first-order valence-corrected chi connectivity index (χ1v) is 5.43. The molecule has 1 aliphatic rings. The van der Waals surface area contributed by atoms with Crippen molar-refractivity contribution >= 4 is 0 Å². The molecule has 82 valence electrons. The second-order valence-electron chi connectivity index (χ2n) is 3.58. The molecule has 1 fully saturated rings. The van der Waals surface area contributed by atoms with E-state index in [0.717, 1.165) is 26.2 Å². The largest absolute Gasteiger partial charge is 0.376 e. The van der Waals surface area contributed by atoms with E-state index in [1.165, 1.54) is 6.42 Å². The summed E-state index contributed by atoms with van der Waals surface area (Å²) in [5.41, 5.74) is 0. The highest BCUT2D eigenvalue weighted by Crippen LogP contribution is 2.04. The van der Waals surface area contributed by atoms with Gasteiger partial charge in [0.15, 0.2) is 0 Å². The first-order valence-electron chi connectivity index (χ1n) is 5.43. The molecule has 0 aromatic rings. The van der Waals surface area contributed by atoms with Crippen molar-refractivity contribution in [3.05, 3.63) is 49.9 Å². The lowest BCUT2D eigenvalue weighted by atomic mass is 10.4. The molecular formula is C13H20N2. The molecule has 1 saturated heterocycles. The van der Waals surface area contributed by atoms with Crippen molar-refractivity contribution in [3.63, 3.8) is 0 Å². The minimum atomic E-state index is 1.08. The van der Waals surface area contributed by atoms with Gasteiger partial charge in [-0.1, -0.05) is 25.3 Å². The Morgan fingerprint density at radius 3 is 1.60 bits per heavy atom. The lowest BCUT2D eigenvalue weighted by Gasteiger charge is -2.18. The minimum Gasteiger partial charge on any atom is -0.376 e. The fourth-order valence-electron chi connectivity index (χ4n) is 1.62. The fraction of sp³-hybridized carbons (Fsp3) is 0.385. The monoisotopic (exact) mass is 204 g/mol. The van der Waals surface area contributed by atoms with Crippen LogP contribution in [0.15, 0.2) is 49.9 Å². The summed E-state index contributed by atoms with van der Waals surface area (Å²) in [6.07, 6.45) is 13.1. The quantitative estimate of drug-likeness (QED) is 0.649. The molecule has 1 heterocycles. The molecule has 15 heavy (non-hydrogen) atoms. The van der Waals surface area contributed by atoms with E-state index >= 15 is 0 Å². The highest BCUT2D eigenvalue weighted by atomic mass is 15.2. The van der Waals surface area contributed by atoms with Crippen LogP contribution in [0.1, 0.15) is 6.42 Å². The van der Waals surface area contributed by atoms with Gasteiger partial charge in [-0.15, -0.1) is 0 Å². The molecule has 0 spiro atoms. The van der Waals surface area contributed by atoms with Crippen molar-refractivity contribution in [3.8, 4) is 0 Å². The molecule has 0 aromatic heterocycles. The van der Waals surface area contributed by atoms with Gasteiger partial charge < -0.3 is 9.80 Å². The number of hydrogen-bond donors (Lipinski definition) is 0. The lowest BCUT2D eigenvalue weighted by Crippen LogP contribution is -2.24. The molecular weight excluding hydrogens is 184 g/mol. The third-order valence-electron chi connectivity index (χ3n) is 2.43. The van der Waals surface area contributed by atoms with Crippen LogP contribution in [0.4, 0.5) is 0 Å². The Hall–Kier alpha value is -1.44. The Balaban J connectivity index is 2.40. The summed E-state index contributed by atoms with van der Waals surface area (Å²) in [7, 11) is 0. The van der Waals surface area contributed by atoms with Crippen molar-refractivity contribution in [2.75, 3.05) is 26.2 Å². The zero-order chi connectivity index (χ0) is 10.9. The van der Waals surface area contributed by atoms with Crippen LogP contribution < -0.4 is 0 Å². The molecule has 0 N–H and O–H groups in total. The molecule has 0 bridgehead atoms. The zero-order valence-electron chi connectivity index (χ0n) is 9.31. The summed E-state index contributed by atoms with van der Waals surface area (Å²) >= 11 is 0. The second kappa shape index (κ2) is 6.93. The van der Waals surface area contributed by atoms with Crippen LogP contribution in [0.3, 0.4) is 0 Å². The van der Waals surface area contributed by atoms with Gasteiger partial charge in [-0.2, -0.15) is 0 Å². The van der Waals surface area contributed by atoms with Gasteiger partial charge in [-0.3, -0.25) is 0 Å². The minimum absolute atomic E-state index is 1.08. The van der Waals surface area contributed by atoms with Gasteiger partial charge in [-0.05, 0) is 31.0 Å². The third kappa shape index (κ3) is 4.54. The Kier molecular flexibility index (Phi) is 5.38. The van der Waals surface area contributed by atoms with Crippen LogP contribution >= 0.6 is 0 Å². The topological polar surface area (TPSA) is 6.48 Å². The van der Waals surface area contributed by atoms with Gasteiger partial charge in [0.2, 0.25) is 0 Å². The molecule has 0 amide bonds. The Bertz CT molecular complexity index is 227. The maximum Gasteiger partial charge on any atom is 0.0348 e. The van der Waals surface area contributed by atoms with Crippen LogP contribution in [0.25, 0.3) is 0 Å². The Labute approximate surface area is 92.9 Å². The van der Waals surface area contributed by atoms with E-state index in [1.807, 2.05) is 24.3 Å². The van der Waals surface area contributed by atoms with E-state index < -0.39 is 0 Å². The van der Waals surface area contributed by atoms with E-state index in [9.17, 15) is 0 Å². The Morgan fingerprint density at radius 1 is 0.733 bits per heavy atom. The predicted molar refractivity (Wildman–Crippen MR) is 66.4 cm³/mol. The summed E-state index contributed by atoms with van der Waals surface area (Å²) < 4.78 is 0. The van der Waals surface area contributed by atoms with Gasteiger partial charge in [-0.25, -0.2) is 0 Å². The van der Waals surface area contributed by atoms with E-state index in [4.69, 9.17) is 0 Å². The SMILES string of the molecule is C=CC=CN1CCCN(C=CC=C)CC1. The van der Waals surface area contributed by atoms with Gasteiger partial charge in [0.1, 0.15) is 0 Å². The van der Waals surface area contributed by atoms with Crippen molar-refractivity contribution in [1.82, 2.24) is 9.80 Å². The van der Waals surface area contributed by atoms with Gasteiger partial charge >= 0.3 is 0 Å². The molecule has 0 aliphatic carbocycles. The van der Waals surface area contributed by atoms with Crippen LogP contribution in [0.5, 0.6) is 0 Å². The maximum absolute atomic E-state index is 3.68. The van der Waals surface area contributed by atoms with Crippen molar-refractivity contribution in [2.45, 2.75) is 6.42 Å². The maximum atomic E-state index is 3.68. The normalized spacial score (nSPS) is 18.4. The van der Waals surface area contributed by atoms with Gasteiger partial charge in [0.05, 0.1) is 0 Å². The molecule has 0 radical (unpaired) electrons. The fourth-order valence-corrected chi connectivity index (χ4v) is 1.62. The molecule has 2 heteroatoms. The average Bonchev–Trinajstić information content (AvgIpc) is 2.49. The molecule has 0 aromatic carbocycles. The second-order valence-corrected chi connectivity index (χ2v) is 3.58. The van der Waals surface area contributed by atoms with Crippen molar-refractivity contribution in [1.29, 1.82) is 0 Å². The van der Waals surface area contributed by atoms with Gasteiger partial charge in [0, 0.05) is 26.2 Å². The smallest absolute Gasteiger partial charge is 0.0348 e. The van der Waals surface area contributed by atoms with Crippen LogP contribution in [-0.4, -0.2) is 36.0 Å². The Morgan fingerprint density at radius 2 is 1.20 bits per heavy atom. The van der Waals surface area contributed by atoms with Crippen LogP contribution in [0.2, 0.25) is 0 Å². The number of rotatable bonds is 4. The standard InChI is InChI=1S/C13H20N2/c1-3-5-8-14-10-7-11-15(13-12-14)9-6-4-2/h3-6,8-9H,1-2,7,10-13H2. The summed E-state index contributed by atoms with van der Waals surface area (Å²) in [6, 6.07) is 0. The number of allylic oxidation sites excluding steroid dienone is 4. The number of hydrogen-bond acceptors (Lipinski definition) is 2. The molecule has 2 nitrogen and oxygen atoms in total. The summed E-state index contributed by atoms with van der Waals surface area (Å²) in [5, 5.41) is 0. The van der Waals surface area contributed by atoms with E-state index in [2.05, 4.69) is 35.4 Å².